The number of rotatable bonds is 3. The second-order valence-corrected chi connectivity index (χ2v) is 4.11. The summed E-state index contributed by atoms with van der Waals surface area (Å²) in [6, 6.07) is 1.50. The molecule has 0 aliphatic heterocycles. The van der Waals surface area contributed by atoms with E-state index in [0.29, 0.717) is 10.0 Å². The minimum atomic E-state index is -4.73. The predicted molar refractivity (Wildman–Crippen MR) is 56.3 cm³/mol. The van der Waals surface area contributed by atoms with E-state index in [0.717, 1.165) is 0 Å². The molecule has 0 saturated heterocycles. The Kier molecular flexibility index (Phi) is 4.07. The molecule has 1 amide bonds. The molecule has 0 bridgehead atoms. The van der Waals surface area contributed by atoms with Crippen molar-refractivity contribution in [2.75, 3.05) is 5.32 Å². The van der Waals surface area contributed by atoms with Crippen molar-refractivity contribution in [1.29, 1.82) is 0 Å². The molecule has 1 aromatic rings. The van der Waals surface area contributed by atoms with Gasteiger partial charge in [-0.05, 0) is 34.5 Å². The standard InChI is InChI=1S/C9H7BrF4N2O/c1-4-2-5(10)3-15-6(4)16-8(17)9(13,14)7(11)12/h2-3,7H,1H3,(H,15,16,17). The Bertz CT molecular complexity index is 439. The lowest BCUT2D eigenvalue weighted by Crippen LogP contribution is -2.41. The van der Waals surface area contributed by atoms with Crippen molar-refractivity contribution < 1.29 is 22.4 Å². The summed E-state index contributed by atoms with van der Waals surface area (Å²) in [5.74, 6) is -7.00. The van der Waals surface area contributed by atoms with E-state index in [1.807, 2.05) is 0 Å². The number of amides is 1. The Labute approximate surface area is 102 Å². The molecular weight excluding hydrogens is 308 g/mol. The number of halogens is 5. The quantitative estimate of drug-likeness (QED) is 0.871. The van der Waals surface area contributed by atoms with Crippen LogP contribution in [-0.2, 0) is 4.79 Å². The van der Waals surface area contributed by atoms with Crippen LogP contribution in [0.3, 0.4) is 0 Å². The number of anilines is 1. The summed E-state index contributed by atoms with van der Waals surface area (Å²) in [6.07, 6.45) is -2.80. The number of aryl methyl sites for hydroxylation is 1. The van der Waals surface area contributed by atoms with Crippen LogP contribution < -0.4 is 5.32 Å². The molecule has 0 unspecified atom stereocenters. The Morgan fingerprint density at radius 3 is 2.59 bits per heavy atom. The number of nitrogens with one attached hydrogen (secondary N) is 1. The molecular formula is C9H7BrF4N2O. The molecule has 17 heavy (non-hydrogen) atoms. The Morgan fingerprint density at radius 1 is 1.53 bits per heavy atom. The lowest BCUT2D eigenvalue weighted by Gasteiger charge is -2.15. The van der Waals surface area contributed by atoms with Crippen molar-refractivity contribution in [1.82, 2.24) is 4.98 Å². The van der Waals surface area contributed by atoms with Gasteiger partial charge in [0.2, 0.25) is 0 Å². The molecule has 0 fully saturated rings. The first-order valence-corrected chi connectivity index (χ1v) is 5.14. The maximum atomic E-state index is 12.6. The molecule has 94 valence electrons. The highest BCUT2D eigenvalue weighted by molar-refractivity contribution is 9.10. The molecule has 1 rings (SSSR count). The summed E-state index contributed by atoms with van der Waals surface area (Å²) in [5, 5.41) is 1.66. The van der Waals surface area contributed by atoms with Gasteiger partial charge < -0.3 is 5.32 Å². The van der Waals surface area contributed by atoms with Gasteiger partial charge in [0.15, 0.2) is 0 Å². The fourth-order valence-electron chi connectivity index (χ4n) is 0.961. The van der Waals surface area contributed by atoms with Gasteiger partial charge in [0, 0.05) is 10.7 Å². The first-order valence-electron chi connectivity index (χ1n) is 4.34. The van der Waals surface area contributed by atoms with Gasteiger partial charge in [-0.1, -0.05) is 0 Å². The number of nitrogens with zero attached hydrogens (tertiary/aromatic N) is 1. The molecule has 1 heterocycles. The van der Waals surface area contributed by atoms with Crippen LogP contribution in [0.5, 0.6) is 0 Å². The minimum Gasteiger partial charge on any atom is -0.305 e. The van der Waals surface area contributed by atoms with E-state index in [4.69, 9.17) is 0 Å². The maximum Gasteiger partial charge on any atom is 0.383 e. The Hall–Kier alpha value is -1.18. The van der Waals surface area contributed by atoms with Crippen LogP contribution in [-0.4, -0.2) is 23.2 Å². The smallest absolute Gasteiger partial charge is 0.305 e. The van der Waals surface area contributed by atoms with E-state index in [-0.39, 0.29) is 5.82 Å². The molecule has 0 aliphatic carbocycles. The molecule has 1 N–H and O–H groups in total. The van der Waals surface area contributed by atoms with Gasteiger partial charge in [0.1, 0.15) is 5.82 Å². The van der Waals surface area contributed by atoms with Crippen molar-refractivity contribution in [3.8, 4) is 0 Å². The van der Waals surface area contributed by atoms with E-state index in [1.165, 1.54) is 19.2 Å². The molecule has 3 nitrogen and oxygen atoms in total. The fraction of sp³-hybridized carbons (Fsp3) is 0.333. The van der Waals surface area contributed by atoms with E-state index in [2.05, 4.69) is 20.9 Å². The lowest BCUT2D eigenvalue weighted by atomic mass is 10.2. The summed E-state index contributed by atoms with van der Waals surface area (Å²) in [4.78, 5) is 14.6. The average molecular weight is 315 g/mol. The van der Waals surface area contributed by atoms with Crippen LogP contribution in [0.15, 0.2) is 16.7 Å². The van der Waals surface area contributed by atoms with Crippen molar-refractivity contribution >= 4 is 27.7 Å². The van der Waals surface area contributed by atoms with Crippen LogP contribution in [0.2, 0.25) is 0 Å². The van der Waals surface area contributed by atoms with E-state index < -0.39 is 18.3 Å². The Morgan fingerprint density at radius 2 is 2.12 bits per heavy atom. The van der Waals surface area contributed by atoms with Crippen molar-refractivity contribution in [2.45, 2.75) is 19.3 Å². The van der Waals surface area contributed by atoms with Crippen molar-refractivity contribution in [2.24, 2.45) is 0 Å². The van der Waals surface area contributed by atoms with Crippen molar-refractivity contribution in [3.63, 3.8) is 0 Å². The van der Waals surface area contributed by atoms with Gasteiger partial charge >= 0.3 is 18.3 Å². The van der Waals surface area contributed by atoms with Gasteiger partial charge in [-0.2, -0.15) is 8.78 Å². The third-order valence-electron chi connectivity index (χ3n) is 1.85. The number of alkyl halides is 4. The van der Waals surface area contributed by atoms with Crippen LogP contribution in [0.25, 0.3) is 0 Å². The summed E-state index contributed by atoms with van der Waals surface area (Å²) in [7, 11) is 0. The largest absolute Gasteiger partial charge is 0.383 e. The molecule has 1 aromatic heterocycles. The van der Waals surface area contributed by atoms with E-state index in [1.54, 1.807) is 5.32 Å². The second-order valence-electron chi connectivity index (χ2n) is 3.20. The minimum absolute atomic E-state index is 0.182. The number of aromatic nitrogens is 1. The van der Waals surface area contributed by atoms with Crippen molar-refractivity contribution in [3.05, 3.63) is 22.3 Å². The van der Waals surface area contributed by atoms with Gasteiger partial charge in [0.05, 0.1) is 0 Å². The second kappa shape index (κ2) is 4.99. The maximum absolute atomic E-state index is 12.6. The normalized spacial score (nSPS) is 11.7. The highest BCUT2D eigenvalue weighted by Gasteiger charge is 2.49. The van der Waals surface area contributed by atoms with Gasteiger partial charge in [-0.3, -0.25) is 4.79 Å². The van der Waals surface area contributed by atoms with Gasteiger partial charge in [-0.25, -0.2) is 13.8 Å². The SMILES string of the molecule is Cc1cc(Br)cnc1NC(=O)C(F)(F)C(F)F. The Balaban J connectivity index is 2.89. The average Bonchev–Trinajstić information content (AvgIpc) is 2.21. The molecule has 0 spiro atoms. The number of carbonyl (C=O) groups is 1. The zero-order chi connectivity index (χ0) is 13.2. The third kappa shape index (κ3) is 3.15. The summed E-state index contributed by atoms with van der Waals surface area (Å²) in [5.41, 5.74) is 0.373. The number of hydrogen-bond acceptors (Lipinski definition) is 2. The molecule has 0 radical (unpaired) electrons. The first kappa shape index (κ1) is 13.9. The monoisotopic (exact) mass is 314 g/mol. The van der Waals surface area contributed by atoms with Crippen LogP contribution in [0.4, 0.5) is 23.4 Å². The number of hydrogen-bond donors (Lipinski definition) is 1. The molecule has 0 atom stereocenters. The zero-order valence-electron chi connectivity index (χ0n) is 8.48. The zero-order valence-corrected chi connectivity index (χ0v) is 10.1. The predicted octanol–water partition coefficient (Wildman–Crippen LogP) is 2.99. The summed E-state index contributed by atoms with van der Waals surface area (Å²) >= 11 is 3.08. The van der Waals surface area contributed by atoms with Crippen LogP contribution in [0.1, 0.15) is 5.56 Å². The topological polar surface area (TPSA) is 42.0 Å². The highest BCUT2D eigenvalue weighted by atomic mass is 79.9. The van der Waals surface area contributed by atoms with Crippen LogP contribution in [0, 0.1) is 6.92 Å². The first-order chi connectivity index (χ1) is 7.75. The molecule has 0 saturated carbocycles. The highest BCUT2D eigenvalue weighted by Crippen LogP contribution is 2.25. The number of pyridine rings is 1. The summed E-state index contributed by atoms with van der Waals surface area (Å²) in [6.45, 7) is 1.49. The third-order valence-corrected chi connectivity index (χ3v) is 2.29. The lowest BCUT2D eigenvalue weighted by molar-refractivity contribution is -0.163. The van der Waals surface area contributed by atoms with E-state index in [9.17, 15) is 22.4 Å². The summed E-state index contributed by atoms with van der Waals surface area (Å²) < 4.78 is 49.6. The molecule has 8 heteroatoms. The van der Waals surface area contributed by atoms with Crippen LogP contribution >= 0.6 is 15.9 Å². The number of carbonyl (C=O) groups excluding carboxylic acids is 1. The van der Waals surface area contributed by atoms with E-state index >= 15 is 0 Å². The molecule has 0 aromatic carbocycles. The van der Waals surface area contributed by atoms with Gasteiger partial charge in [-0.15, -0.1) is 0 Å². The molecule has 0 aliphatic rings. The van der Waals surface area contributed by atoms with Gasteiger partial charge in [0.25, 0.3) is 0 Å². The fourth-order valence-corrected chi connectivity index (χ4v) is 1.41.